The van der Waals surface area contributed by atoms with Crippen LogP contribution in [0.1, 0.15) is 13.8 Å². The monoisotopic (exact) mass is 408 g/mol. The molecule has 2 heterocycles. The van der Waals surface area contributed by atoms with Crippen molar-refractivity contribution in [2.24, 2.45) is 0 Å². The Kier molecular flexibility index (Phi) is 7.70. The Labute approximate surface area is 160 Å². The molecule has 0 aromatic rings. The van der Waals surface area contributed by atoms with Gasteiger partial charge in [0.05, 0.1) is 24.7 Å². The average Bonchev–Trinajstić information content (AvgIpc) is 2.62. The van der Waals surface area contributed by atoms with Crippen LogP contribution < -0.4 is 10.4 Å². The van der Waals surface area contributed by atoms with E-state index < -0.39 is 79.6 Å². The summed E-state index contributed by atoms with van der Waals surface area (Å²) in [6.45, 7) is 2.27. The molecule has 1 amide bonds. The number of carbonyl (C=O) groups excluding carboxylic acids is 2. The lowest BCUT2D eigenvalue weighted by Crippen LogP contribution is -2.68. The first-order chi connectivity index (χ1) is 13.1. The van der Waals surface area contributed by atoms with Gasteiger partial charge >= 0.3 is 0 Å². The third-order valence-corrected chi connectivity index (χ3v) is 4.86. The van der Waals surface area contributed by atoms with Gasteiger partial charge < -0.3 is 54.6 Å². The van der Waals surface area contributed by atoms with E-state index in [2.05, 4.69) is 5.32 Å². The van der Waals surface area contributed by atoms with Gasteiger partial charge in [-0.25, -0.2) is 0 Å². The number of aliphatic carboxylic acids is 1. The molecule has 12 heteroatoms. The summed E-state index contributed by atoms with van der Waals surface area (Å²) < 4.78 is 21.2. The lowest BCUT2D eigenvalue weighted by molar-refractivity contribution is -0.361. The largest absolute Gasteiger partial charge is 0.547 e. The van der Waals surface area contributed by atoms with E-state index in [0.717, 1.165) is 7.11 Å². The zero-order valence-electron chi connectivity index (χ0n) is 15.6. The molecule has 2 saturated heterocycles. The maximum atomic E-state index is 11.5. The minimum absolute atomic E-state index is 0.452. The Morgan fingerprint density at radius 2 is 1.75 bits per heavy atom. The molecule has 2 rings (SSSR count). The molecular formula is C16H26NO11-. The van der Waals surface area contributed by atoms with Gasteiger partial charge in [0, 0.05) is 14.0 Å². The van der Waals surface area contributed by atoms with Crippen LogP contribution in [0.15, 0.2) is 0 Å². The highest BCUT2D eigenvalue weighted by atomic mass is 16.7. The average molecular weight is 408 g/mol. The number of carboxylic acids is 1. The molecule has 0 bridgehead atoms. The van der Waals surface area contributed by atoms with Crippen molar-refractivity contribution in [2.75, 3.05) is 13.7 Å². The molecule has 162 valence electrons. The molecule has 2 fully saturated rings. The topological polar surface area (TPSA) is 187 Å². The Balaban J connectivity index is 2.28. The summed E-state index contributed by atoms with van der Waals surface area (Å²) in [6, 6.07) is -0.902. The fraction of sp³-hybridized carbons (Fsp3) is 0.875. The number of rotatable bonds is 6. The predicted octanol–water partition coefficient (Wildman–Crippen LogP) is -4.77. The van der Waals surface area contributed by atoms with Crippen LogP contribution in [0.25, 0.3) is 0 Å². The molecule has 0 radical (unpaired) electrons. The molecule has 2 aliphatic rings. The number of hydrogen-bond donors (Lipinski definition) is 5. The number of carbonyl (C=O) groups is 2. The number of ether oxygens (including phenoxy) is 4. The van der Waals surface area contributed by atoms with Crippen molar-refractivity contribution in [1.29, 1.82) is 0 Å². The van der Waals surface area contributed by atoms with Crippen molar-refractivity contribution in [3.63, 3.8) is 0 Å². The van der Waals surface area contributed by atoms with Gasteiger partial charge in [-0.15, -0.1) is 0 Å². The normalized spacial score (nSPS) is 44.1. The van der Waals surface area contributed by atoms with Gasteiger partial charge in [-0.1, -0.05) is 0 Å². The molecule has 4 unspecified atom stereocenters. The van der Waals surface area contributed by atoms with Crippen molar-refractivity contribution in [1.82, 2.24) is 5.32 Å². The maximum Gasteiger partial charge on any atom is 0.217 e. The van der Waals surface area contributed by atoms with Crippen molar-refractivity contribution in [2.45, 2.75) is 75.0 Å². The highest BCUT2D eigenvalue weighted by molar-refractivity contribution is 5.73. The van der Waals surface area contributed by atoms with Gasteiger partial charge in [0.25, 0.3) is 0 Å². The van der Waals surface area contributed by atoms with E-state index in [0.29, 0.717) is 0 Å². The first-order valence-corrected chi connectivity index (χ1v) is 8.74. The number of hydrogen-bond acceptors (Lipinski definition) is 11. The van der Waals surface area contributed by atoms with Crippen LogP contribution in [0, 0.1) is 0 Å². The predicted molar refractivity (Wildman–Crippen MR) is 86.4 cm³/mol. The first-order valence-electron chi connectivity index (χ1n) is 8.74. The molecule has 0 spiro atoms. The van der Waals surface area contributed by atoms with Gasteiger partial charge in [-0.2, -0.15) is 0 Å². The van der Waals surface area contributed by atoms with E-state index in [1.54, 1.807) is 6.92 Å². The zero-order valence-corrected chi connectivity index (χ0v) is 15.6. The van der Waals surface area contributed by atoms with E-state index in [1.165, 1.54) is 6.92 Å². The van der Waals surface area contributed by atoms with E-state index >= 15 is 0 Å². The Hall–Kier alpha value is -1.38. The van der Waals surface area contributed by atoms with Crippen LogP contribution in [0.3, 0.4) is 0 Å². The lowest BCUT2D eigenvalue weighted by atomic mass is 9.92. The standard InChI is InChI=1S/C16H27NO11/c1-5-8(17-6(2)19)12(9(20)7(4-18)26-5)27-16-11(22)13(25-3)10(21)14(28-16)15(23)24/h5,7-14,16,18,20-22H,4H2,1-3H3,(H,17,19)(H,23,24)/p-1/t5-,7?,8?,9+,10-,11?,12+,13-,14?,16+/m0/s1. The Morgan fingerprint density at radius 1 is 1.11 bits per heavy atom. The molecule has 5 N–H and O–H groups in total. The molecule has 0 aliphatic carbocycles. The van der Waals surface area contributed by atoms with Crippen LogP contribution in [0.4, 0.5) is 0 Å². The van der Waals surface area contributed by atoms with Crippen LogP contribution in [0.2, 0.25) is 0 Å². The third kappa shape index (κ3) is 4.60. The quantitative estimate of drug-likeness (QED) is 0.284. The second-order valence-corrected chi connectivity index (χ2v) is 6.81. The SMILES string of the molecule is CO[C@@H]1C(O)[C@H](O[C@@H]2C(NC(C)=O)[C@H](C)OC(CO)[C@H]2O)OC(C(=O)[O-])[C@H]1O. The fourth-order valence-electron chi connectivity index (χ4n) is 3.46. The second kappa shape index (κ2) is 9.41. The molecule has 28 heavy (non-hydrogen) atoms. The second-order valence-electron chi connectivity index (χ2n) is 6.81. The zero-order chi connectivity index (χ0) is 21.2. The molecule has 2 aliphatic heterocycles. The number of nitrogens with one attached hydrogen (secondary N) is 1. The van der Waals surface area contributed by atoms with Gasteiger partial charge in [0.15, 0.2) is 6.29 Å². The Morgan fingerprint density at radius 3 is 2.25 bits per heavy atom. The molecule has 10 atom stereocenters. The van der Waals surface area contributed by atoms with E-state index in [4.69, 9.17) is 18.9 Å². The minimum Gasteiger partial charge on any atom is -0.547 e. The smallest absolute Gasteiger partial charge is 0.217 e. The van der Waals surface area contributed by atoms with Crippen molar-refractivity contribution in [3.8, 4) is 0 Å². The molecule has 0 saturated carbocycles. The number of aliphatic hydroxyl groups is 4. The van der Waals surface area contributed by atoms with Crippen molar-refractivity contribution in [3.05, 3.63) is 0 Å². The number of methoxy groups -OCH3 is 1. The fourth-order valence-corrected chi connectivity index (χ4v) is 3.46. The van der Waals surface area contributed by atoms with Crippen LogP contribution in [-0.4, -0.2) is 107 Å². The maximum absolute atomic E-state index is 11.5. The minimum atomic E-state index is -1.86. The number of amides is 1. The van der Waals surface area contributed by atoms with Gasteiger partial charge in [-0.05, 0) is 6.92 Å². The molecule has 12 nitrogen and oxygen atoms in total. The first kappa shape index (κ1) is 22.9. The summed E-state index contributed by atoms with van der Waals surface area (Å²) >= 11 is 0. The third-order valence-electron chi connectivity index (χ3n) is 4.86. The summed E-state index contributed by atoms with van der Waals surface area (Å²) in [4.78, 5) is 22.8. The van der Waals surface area contributed by atoms with Crippen LogP contribution >= 0.6 is 0 Å². The summed E-state index contributed by atoms with van der Waals surface area (Å²) in [7, 11) is 1.15. The molecule has 0 aromatic heterocycles. The number of carboxylic acid groups (broad SMARTS) is 1. The van der Waals surface area contributed by atoms with Crippen LogP contribution in [0.5, 0.6) is 0 Å². The van der Waals surface area contributed by atoms with E-state index in [9.17, 15) is 35.1 Å². The van der Waals surface area contributed by atoms with Gasteiger partial charge in [0.2, 0.25) is 5.91 Å². The van der Waals surface area contributed by atoms with E-state index in [-0.39, 0.29) is 0 Å². The van der Waals surface area contributed by atoms with Gasteiger partial charge in [-0.3, -0.25) is 4.79 Å². The molecular weight excluding hydrogens is 382 g/mol. The molecule has 0 aromatic carbocycles. The van der Waals surface area contributed by atoms with Crippen molar-refractivity contribution >= 4 is 11.9 Å². The summed E-state index contributed by atoms with van der Waals surface area (Å²) in [5.74, 6) is -2.20. The summed E-state index contributed by atoms with van der Waals surface area (Å²) in [5, 5.41) is 54.1. The summed E-state index contributed by atoms with van der Waals surface area (Å²) in [5.41, 5.74) is 0. The highest BCUT2D eigenvalue weighted by Crippen LogP contribution is 2.29. The Bertz CT molecular complexity index is 561. The number of aliphatic hydroxyl groups excluding tert-OH is 4. The van der Waals surface area contributed by atoms with Gasteiger partial charge in [0.1, 0.15) is 42.7 Å². The summed E-state index contributed by atoms with van der Waals surface area (Å²) in [6.07, 6.45) is -12.6. The van der Waals surface area contributed by atoms with Crippen molar-refractivity contribution < 1.29 is 54.1 Å². The van der Waals surface area contributed by atoms with E-state index in [1.807, 2.05) is 0 Å². The lowest BCUT2D eigenvalue weighted by Gasteiger charge is -2.47. The van der Waals surface area contributed by atoms with Crippen LogP contribution in [-0.2, 0) is 28.5 Å². The highest BCUT2D eigenvalue weighted by Gasteiger charge is 2.51.